The van der Waals surface area contributed by atoms with Gasteiger partial charge in [-0.05, 0) is 37.3 Å². The highest BCUT2D eigenvalue weighted by Gasteiger charge is 2.25. The van der Waals surface area contributed by atoms with E-state index in [9.17, 15) is 8.42 Å². The van der Waals surface area contributed by atoms with Crippen molar-refractivity contribution < 1.29 is 8.42 Å². The molecule has 1 fully saturated rings. The van der Waals surface area contributed by atoms with Gasteiger partial charge in [0.25, 0.3) is 0 Å². The van der Waals surface area contributed by atoms with Crippen LogP contribution in [0.2, 0.25) is 0 Å². The molecule has 4 nitrogen and oxygen atoms in total. The molecule has 0 aromatic heterocycles. The molecule has 0 aliphatic heterocycles. The molecule has 0 bridgehead atoms. The lowest BCUT2D eigenvalue weighted by Crippen LogP contribution is -2.38. The summed E-state index contributed by atoms with van der Waals surface area (Å²) in [5.74, 6) is 0.586. The number of hydrogen-bond donors (Lipinski definition) is 2. The molecular formula is C16H26N2O2S. The second kappa shape index (κ2) is 7.92. The van der Waals surface area contributed by atoms with Gasteiger partial charge in [0, 0.05) is 12.6 Å². The Bertz CT molecular complexity index is 516. The third-order valence-electron chi connectivity index (χ3n) is 4.12. The third-order valence-corrected chi connectivity index (χ3v) is 4.85. The molecular weight excluding hydrogens is 284 g/mol. The lowest BCUT2D eigenvalue weighted by molar-refractivity contribution is 0.327. The van der Waals surface area contributed by atoms with Crippen molar-refractivity contribution in [2.24, 2.45) is 0 Å². The van der Waals surface area contributed by atoms with Crippen LogP contribution in [-0.2, 0) is 10.0 Å². The Hall–Kier alpha value is -0.910. The molecule has 118 valence electrons. The van der Waals surface area contributed by atoms with Gasteiger partial charge < -0.3 is 5.32 Å². The Kier molecular flexibility index (Phi) is 6.21. The van der Waals surface area contributed by atoms with Crippen LogP contribution < -0.4 is 10.0 Å². The van der Waals surface area contributed by atoms with Crippen molar-refractivity contribution in [2.45, 2.75) is 44.1 Å². The molecule has 1 aliphatic rings. The molecule has 0 heterocycles. The average molecular weight is 310 g/mol. The number of benzene rings is 1. The van der Waals surface area contributed by atoms with E-state index in [-0.39, 0.29) is 0 Å². The highest BCUT2D eigenvalue weighted by molar-refractivity contribution is 7.88. The number of hydrogen-bond acceptors (Lipinski definition) is 3. The van der Waals surface area contributed by atoms with Crippen LogP contribution in [0.1, 0.15) is 43.6 Å². The predicted octanol–water partition coefficient (Wildman–Crippen LogP) is 2.24. The average Bonchev–Trinajstić information content (AvgIpc) is 2.47. The molecule has 1 aliphatic carbocycles. The summed E-state index contributed by atoms with van der Waals surface area (Å²) >= 11 is 0. The molecule has 1 aromatic rings. The normalized spacial score (nSPS) is 23.1. The first-order valence-corrected chi connectivity index (χ1v) is 9.68. The fraction of sp³-hybridized carbons (Fsp3) is 0.625. The second-order valence-corrected chi connectivity index (χ2v) is 7.72. The summed E-state index contributed by atoms with van der Waals surface area (Å²) in [6.45, 7) is 1.37. The maximum Gasteiger partial charge on any atom is 0.208 e. The van der Waals surface area contributed by atoms with Gasteiger partial charge in [-0.25, -0.2) is 13.1 Å². The molecule has 2 rings (SSSR count). The van der Waals surface area contributed by atoms with Gasteiger partial charge in [-0.3, -0.25) is 0 Å². The largest absolute Gasteiger partial charge is 0.313 e. The highest BCUT2D eigenvalue weighted by atomic mass is 32.2. The summed E-state index contributed by atoms with van der Waals surface area (Å²) in [5.41, 5.74) is 1.42. The van der Waals surface area contributed by atoms with Crippen molar-refractivity contribution in [3.8, 4) is 0 Å². The summed E-state index contributed by atoms with van der Waals surface area (Å²) in [4.78, 5) is 0. The van der Waals surface area contributed by atoms with Crippen LogP contribution in [0.5, 0.6) is 0 Å². The summed E-state index contributed by atoms with van der Waals surface area (Å²) < 4.78 is 24.5. The Morgan fingerprint density at radius 3 is 2.52 bits per heavy atom. The van der Waals surface area contributed by atoms with Crippen LogP contribution in [0.25, 0.3) is 0 Å². The maximum atomic E-state index is 11.0. The lowest BCUT2D eigenvalue weighted by atomic mass is 9.80. The van der Waals surface area contributed by atoms with E-state index in [0.717, 1.165) is 13.0 Å². The summed E-state index contributed by atoms with van der Waals surface area (Å²) in [6, 6.07) is 11.2. The molecule has 0 radical (unpaired) electrons. The van der Waals surface area contributed by atoms with E-state index < -0.39 is 10.0 Å². The number of rotatable bonds is 7. The summed E-state index contributed by atoms with van der Waals surface area (Å²) in [5, 5.41) is 3.62. The predicted molar refractivity (Wildman–Crippen MR) is 86.9 cm³/mol. The first kappa shape index (κ1) is 16.5. The zero-order valence-corrected chi connectivity index (χ0v) is 13.5. The topological polar surface area (TPSA) is 58.2 Å². The van der Waals surface area contributed by atoms with E-state index in [4.69, 9.17) is 0 Å². The van der Waals surface area contributed by atoms with Crippen molar-refractivity contribution in [2.75, 3.05) is 19.3 Å². The molecule has 1 aromatic carbocycles. The van der Waals surface area contributed by atoms with E-state index in [2.05, 4.69) is 40.4 Å². The number of nitrogens with one attached hydrogen (secondary N) is 2. The third kappa shape index (κ3) is 5.77. The van der Waals surface area contributed by atoms with Crippen LogP contribution in [0.3, 0.4) is 0 Å². The Morgan fingerprint density at radius 1 is 1.10 bits per heavy atom. The van der Waals surface area contributed by atoms with Crippen LogP contribution in [0, 0.1) is 0 Å². The van der Waals surface area contributed by atoms with Gasteiger partial charge in [0.05, 0.1) is 6.26 Å². The zero-order valence-electron chi connectivity index (χ0n) is 12.7. The molecule has 0 amide bonds. The van der Waals surface area contributed by atoms with Gasteiger partial charge in [0.2, 0.25) is 10.0 Å². The van der Waals surface area contributed by atoms with Crippen LogP contribution >= 0.6 is 0 Å². The van der Waals surface area contributed by atoms with Gasteiger partial charge in [0.1, 0.15) is 0 Å². The maximum absolute atomic E-state index is 11.0. The van der Waals surface area contributed by atoms with E-state index in [1.54, 1.807) is 0 Å². The summed E-state index contributed by atoms with van der Waals surface area (Å²) in [7, 11) is -3.06. The SMILES string of the molecule is CS(=O)(=O)NCCCN[C@@H]1CCCC[C@@H]1c1ccccc1. The van der Waals surface area contributed by atoms with Gasteiger partial charge >= 0.3 is 0 Å². The van der Waals surface area contributed by atoms with Crippen LogP contribution in [-0.4, -0.2) is 33.8 Å². The monoisotopic (exact) mass is 310 g/mol. The molecule has 0 saturated heterocycles. The second-order valence-electron chi connectivity index (χ2n) is 5.88. The highest BCUT2D eigenvalue weighted by Crippen LogP contribution is 2.32. The fourth-order valence-electron chi connectivity index (χ4n) is 3.11. The van der Waals surface area contributed by atoms with Crippen molar-refractivity contribution in [3.63, 3.8) is 0 Å². The molecule has 21 heavy (non-hydrogen) atoms. The minimum atomic E-state index is -3.06. The number of sulfonamides is 1. The molecule has 0 unspecified atom stereocenters. The quantitative estimate of drug-likeness (QED) is 0.759. The molecule has 2 atom stereocenters. The standard InChI is InChI=1S/C16H26N2O2S/c1-21(19,20)18-13-7-12-17-16-11-6-5-10-15(16)14-8-3-2-4-9-14/h2-4,8-9,15-18H,5-7,10-13H2,1H3/t15-,16-/m1/s1. The molecule has 1 saturated carbocycles. The smallest absolute Gasteiger partial charge is 0.208 e. The fourth-order valence-corrected chi connectivity index (χ4v) is 3.62. The molecule has 0 spiro atoms. The summed E-state index contributed by atoms with van der Waals surface area (Å²) in [6.07, 6.45) is 7.05. The van der Waals surface area contributed by atoms with Gasteiger partial charge in [-0.2, -0.15) is 0 Å². The first-order chi connectivity index (χ1) is 10.1. The Balaban J connectivity index is 1.80. The van der Waals surface area contributed by atoms with E-state index >= 15 is 0 Å². The van der Waals surface area contributed by atoms with Crippen LogP contribution in [0.15, 0.2) is 30.3 Å². The van der Waals surface area contributed by atoms with E-state index in [0.29, 0.717) is 18.5 Å². The van der Waals surface area contributed by atoms with Gasteiger partial charge in [0.15, 0.2) is 0 Å². The van der Waals surface area contributed by atoms with Crippen LogP contribution in [0.4, 0.5) is 0 Å². The van der Waals surface area contributed by atoms with E-state index in [1.807, 2.05) is 0 Å². The molecule has 5 heteroatoms. The minimum absolute atomic E-state index is 0.508. The first-order valence-electron chi connectivity index (χ1n) is 7.79. The van der Waals surface area contributed by atoms with Crippen molar-refractivity contribution >= 4 is 10.0 Å². The Labute approximate surface area is 128 Å². The van der Waals surface area contributed by atoms with E-state index in [1.165, 1.54) is 37.5 Å². The van der Waals surface area contributed by atoms with Crippen molar-refractivity contribution in [1.82, 2.24) is 10.0 Å². The van der Waals surface area contributed by atoms with Crippen molar-refractivity contribution in [1.29, 1.82) is 0 Å². The Morgan fingerprint density at radius 2 is 1.81 bits per heavy atom. The van der Waals surface area contributed by atoms with Gasteiger partial charge in [-0.15, -0.1) is 0 Å². The lowest BCUT2D eigenvalue weighted by Gasteiger charge is -2.33. The zero-order chi connectivity index (χ0) is 15.1. The van der Waals surface area contributed by atoms with Gasteiger partial charge in [-0.1, -0.05) is 43.2 Å². The van der Waals surface area contributed by atoms with Crippen molar-refractivity contribution in [3.05, 3.63) is 35.9 Å². The molecule has 2 N–H and O–H groups in total. The minimum Gasteiger partial charge on any atom is -0.313 e.